The standard InChI is InChI=1S/C57H34N4O/c1-2-12-39(13-3-1)59-50-20-10-7-15-42(50)46-32-37(25-30-51(46)59)38-24-29-43-41-14-6-9-19-49(41)60(53(43)34-38)40-27-22-35(23-28-40)36-26-31-54-47(33-36)55-56(62-54)44-16-4-5-17-45(44)57-58-48-18-8-11-21-52(48)61(55)57/h1-34H. The lowest BCUT2D eigenvalue weighted by Gasteiger charge is -2.11. The van der Waals surface area contributed by atoms with Crippen LogP contribution in [-0.2, 0) is 0 Å². The van der Waals surface area contributed by atoms with Gasteiger partial charge in [-0.1, -0.05) is 127 Å². The topological polar surface area (TPSA) is 40.3 Å². The number of benzene rings is 9. The molecule has 5 heterocycles. The minimum Gasteiger partial charge on any atom is -0.454 e. The summed E-state index contributed by atoms with van der Waals surface area (Å²) in [5.41, 5.74) is 17.5. The number of furan rings is 1. The number of nitrogens with zero attached hydrogens (tertiary/aromatic N) is 4. The van der Waals surface area contributed by atoms with Crippen LogP contribution < -0.4 is 0 Å². The third-order valence-corrected chi connectivity index (χ3v) is 13.0. The molecule has 14 aromatic rings. The van der Waals surface area contributed by atoms with Crippen molar-refractivity contribution in [2.75, 3.05) is 0 Å². The van der Waals surface area contributed by atoms with Crippen molar-refractivity contribution < 1.29 is 4.42 Å². The van der Waals surface area contributed by atoms with Gasteiger partial charge in [0.25, 0.3) is 0 Å². The molecule has 0 unspecified atom stereocenters. The van der Waals surface area contributed by atoms with Crippen molar-refractivity contribution in [3.8, 4) is 33.6 Å². The normalized spacial score (nSPS) is 12.2. The van der Waals surface area contributed by atoms with Crippen molar-refractivity contribution in [2.24, 2.45) is 0 Å². The summed E-state index contributed by atoms with van der Waals surface area (Å²) in [6.45, 7) is 0. The minimum atomic E-state index is 0.859. The molecular weight excluding hydrogens is 757 g/mol. The van der Waals surface area contributed by atoms with Gasteiger partial charge in [-0.05, 0) is 101 Å². The molecule has 0 atom stereocenters. The second-order valence-corrected chi connectivity index (χ2v) is 16.3. The van der Waals surface area contributed by atoms with Crippen LogP contribution in [0, 0.1) is 0 Å². The summed E-state index contributed by atoms with van der Waals surface area (Å²) in [5.74, 6) is 0. The Bertz CT molecular complexity index is 4150. The average Bonchev–Trinajstić information content (AvgIpc) is 4.09. The van der Waals surface area contributed by atoms with Crippen LogP contribution >= 0.6 is 0 Å². The van der Waals surface area contributed by atoms with E-state index in [1.807, 2.05) is 0 Å². The first-order chi connectivity index (χ1) is 30.7. The fraction of sp³-hybridized carbons (Fsp3) is 0. The average molecular weight is 791 g/mol. The van der Waals surface area contributed by atoms with Crippen molar-refractivity contribution in [1.82, 2.24) is 18.5 Å². The summed E-state index contributed by atoms with van der Waals surface area (Å²) >= 11 is 0. The van der Waals surface area contributed by atoms with Crippen LogP contribution in [0.1, 0.15) is 0 Å². The van der Waals surface area contributed by atoms with Crippen LogP contribution in [0.25, 0.3) is 127 Å². The van der Waals surface area contributed by atoms with E-state index >= 15 is 0 Å². The van der Waals surface area contributed by atoms with Gasteiger partial charge in [-0.2, -0.15) is 0 Å². The number of rotatable bonds is 4. The van der Waals surface area contributed by atoms with Crippen LogP contribution in [0.5, 0.6) is 0 Å². The highest BCUT2D eigenvalue weighted by Crippen LogP contribution is 2.41. The molecule has 5 heteroatoms. The molecule has 0 radical (unpaired) electrons. The Balaban J connectivity index is 0.907. The molecule has 0 saturated carbocycles. The van der Waals surface area contributed by atoms with E-state index in [-0.39, 0.29) is 0 Å². The van der Waals surface area contributed by atoms with E-state index in [0.717, 1.165) is 72.0 Å². The van der Waals surface area contributed by atoms with Crippen LogP contribution in [0.4, 0.5) is 0 Å². The predicted octanol–water partition coefficient (Wildman–Crippen LogP) is 15.1. The van der Waals surface area contributed by atoms with E-state index in [0.29, 0.717) is 0 Å². The first kappa shape index (κ1) is 33.4. The molecule has 5 aromatic heterocycles. The van der Waals surface area contributed by atoms with Crippen molar-refractivity contribution in [1.29, 1.82) is 0 Å². The van der Waals surface area contributed by atoms with Gasteiger partial charge in [0, 0.05) is 49.1 Å². The molecule has 0 bridgehead atoms. The second-order valence-electron chi connectivity index (χ2n) is 16.3. The Kier molecular flexibility index (Phi) is 6.77. The fourth-order valence-electron chi connectivity index (χ4n) is 10.2. The summed E-state index contributed by atoms with van der Waals surface area (Å²) in [4.78, 5) is 5.11. The third kappa shape index (κ3) is 4.65. The molecule has 0 fully saturated rings. The highest BCUT2D eigenvalue weighted by molar-refractivity contribution is 6.19. The van der Waals surface area contributed by atoms with Crippen LogP contribution in [-0.4, -0.2) is 18.5 Å². The van der Waals surface area contributed by atoms with Gasteiger partial charge in [-0.3, -0.25) is 4.40 Å². The number of fused-ring (bicyclic) bond motifs is 16. The monoisotopic (exact) mass is 790 g/mol. The van der Waals surface area contributed by atoms with Gasteiger partial charge >= 0.3 is 0 Å². The first-order valence-electron chi connectivity index (χ1n) is 21.1. The first-order valence-corrected chi connectivity index (χ1v) is 21.1. The molecule has 14 rings (SSSR count). The molecule has 0 amide bonds. The highest BCUT2D eigenvalue weighted by atomic mass is 16.3. The minimum absolute atomic E-state index is 0.859. The molecular formula is C57H34N4O. The number of hydrogen-bond acceptors (Lipinski definition) is 2. The largest absolute Gasteiger partial charge is 0.454 e. The zero-order valence-corrected chi connectivity index (χ0v) is 33.3. The van der Waals surface area contributed by atoms with Gasteiger partial charge in [-0.15, -0.1) is 0 Å². The predicted molar refractivity (Wildman–Crippen MR) is 257 cm³/mol. The van der Waals surface area contributed by atoms with Gasteiger partial charge in [0.15, 0.2) is 5.58 Å². The Morgan fingerprint density at radius 3 is 1.68 bits per heavy atom. The molecule has 0 aliphatic carbocycles. The third-order valence-electron chi connectivity index (χ3n) is 13.0. The molecule has 0 aliphatic heterocycles. The molecule has 0 spiro atoms. The zero-order chi connectivity index (χ0) is 40.5. The van der Waals surface area contributed by atoms with Crippen LogP contribution in [0.2, 0.25) is 0 Å². The summed E-state index contributed by atoms with van der Waals surface area (Å²) in [6.07, 6.45) is 0. The number of pyridine rings is 1. The van der Waals surface area contributed by atoms with E-state index in [2.05, 4.69) is 220 Å². The Morgan fingerprint density at radius 1 is 0.339 bits per heavy atom. The Morgan fingerprint density at radius 2 is 0.871 bits per heavy atom. The maximum Gasteiger partial charge on any atom is 0.160 e. The molecule has 0 saturated heterocycles. The lowest BCUT2D eigenvalue weighted by atomic mass is 10.0. The van der Waals surface area contributed by atoms with E-state index in [1.54, 1.807) is 0 Å². The Hall–Kier alpha value is -8.41. The number of para-hydroxylation sites is 5. The van der Waals surface area contributed by atoms with Gasteiger partial charge in [0.2, 0.25) is 0 Å². The molecule has 5 nitrogen and oxygen atoms in total. The van der Waals surface area contributed by atoms with E-state index < -0.39 is 0 Å². The number of imidazole rings is 1. The smallest absolute Gasteiger partial charge is 0.160 e. The summed E-state index contributed by atoms with van der Waals surface area (Å²) in [6, 6.07) is 74.3. The van der Waals surface area contributed by atoms with Crippen molar-refractivity contribution in [2.45, 2.75) is 0 Å². The molecule has 0 aliphatic rings. The highest BCUT2D eigenvalue weighted by Gasteiger charge is 2.20. The maximum atomic E-state index is 6.68. The Labute approximate surface area is 354 Å². The lowest BCUT2D eigenvalue weighted by molar-refractivity contribution is 0.672. The van der Waals surface area contributed by atoms with Crippen molar-refractivity contribution in [3.63, 3.8) is 0 Å². The SMILES string of the molecule is c1ccc(-n2c3ccccc3c3cc(-c4ccc5c6ccccc6n(-c6ccc(-c7ccc8oc9c%10ccccc%10c%10nc%11ccccc%11n%10c9c8c7)cc6)c5c4)ccc32)cc1. The second kappa shape index (κ2) is 12.6. The van der Waals surface area contributed by atoms with Gasteiger partial charge in [0.05, 0.1) is 33.1 Å². The molecule has 9 aromatic carbocycles. The summed E-state index contributed by atoms with van der Waals surface area (Å²) in [5, 5.41) is 8.19. The van der Waals surface area contributed by atoms with E-state index in [1.165, 1.54) is 54.7 Å². The van der Waals surface area contributed by atoms with Gasteiger partial charge in [0.1, 0.15) is 16.7 Å². The van der Waals surface area contributed by atoms with Gasteiger partial charge < -0.3 is 13.6 Å². The fourth-order valence-corrected chi connectivity index (χ4v) is 10.2. The molecule has 62 heavy (non-hydrogen) atoms. The summed E-state index contributed by atoms with van der Waals surface area (Å²) < 4.78 is 13.7. The molecule has 0 N–H and O–H groups in total. The van der Waals surface area contributed by atoms with Crippen molar-refractivity contribution >= 4 is 93.1 Å². The number of hydrogen-bond donors (Lipinski definition) is 0. The zero-order valence-electron chi connectivity index (χ0n) is 33.3. The van der Waals surface area contributed by atoms with Crippen LogP contribution in [0.3, 0.4) is 0 Å². The van der Waals surface area contributed by atoms with Crippen molar-refractivity contribution in [3.05, 3.63) is 206 Å². The lowest BCUT2D eigenvalue weighted by Crippen LogP contribution is -1.94. The van der Waals surface area contributed by atoms with Crippen LogP contribution in [0.15, 0.2) is 211 Å². The molecule has 288 valence electrons. The number of aromatic nitrogens is 4. The maximum absolute atomic E-state index is 6.68. The van der Waals surface area contributed by atoms with E-state index in [9.17, 15) is 0 Å². The summed E-state index contributed by atoms with van der Waals surface area (Å²) in [7, 11) is 0. The van der Waals surface area contributed by atoms with Gasteiger partial charge in [-0.25, -0.2) is 4.98 Å². The quantitative estimate of drug-likeness (QED) is 0.178. The van der Waals surface area contributed by atoms with E-state index in [4.69, 9.17) is 9.40 Å².